The van der Waals surface area contributed by atoms with Crippen molar-refractivity contribution in [2.24, 2.45) is 5.92 Å². The summed E-state index contributed by atoms with van der Waals surface area (Å²) in [6, 6.07) is 0. The molecule has 0 bridgehead atoms. The second-order valence-corrected chi connectivity index (χ2v) is 7.53. The fraction of sp³-hybridized carbons (Fsp3) is 0.647. The quantitative estimate of drug-likeness (QED) is 0.628. The SMILES string of the molecule is CSc1nc(N2CCCC2)c2cnn(CCNC(=O)C3CCC3)c2n1. The number of nitrogens with zero attached hydrogens (tertiary/aromatic N) is 5. The van der Waals surface area contributed by atoms with Crippen LogP contribution in [0.1, 0.15) is 32.1 Å². The standard InChI is InChI=1S/C17H24N6OS/c1-25-17-20-14(22-8-2-3-9-22)13-11-19-23(15(13)21-17)10-7-18-16(24)12-5-4-6-12/h11-12H,2-10H2,1H3,(H,18,24). The number of anilines is 1. The number of nitrogens with one attached hydrogen (secondary N) is 1. The highest BCUT2D eigenvalue weighted by molar-refractivity contribution is 7.98. The Morgan fingerprint density at radius 1 is 1.28 bits per heavy atom. The first-order valence-corrected chi connectivity index (χ1v) is 10.3. The molecule has 1 saturated heterocycles. The van der Waals surface area contributed by atoms with Crippen LogP contribution < -0.4 is 10.2 Å². The molecule has 0 atom stereocenters. The molecule has 1 amide bonds. The lowest BCUT2D eigenvalue weighted by Gasteiger charge is -2.24. The average molecular weight is 360 g/mol. The van der Waals surface area contributed by atoms with E-state index in [0.29, 0.717) is 13.1 Å². The molecule has 2 fully saturated rings. The second kappa shape index (κ2) is 7.19. The van der Waals surface area contributed by atoms with E-state index in [1.807, 2.05) is 17.1 Å². The third-order valence-electron chi connectivity index (χ3n) is 5.14. The third kappa shape index (κ3) is 3.31. The molecule has 0 radical (unpaired) electrons. The van der Waals surface area contributed by atoms with Crippen molar-refractivity contribution in [1.82, 2.24) is 25.1 Å². The Labute approximate surface area is 151 Å². The zero-order chi connectivity index (χ0) is 17.2. The van der Waals surface area contributed by atoms with Crippen LogP contribution in [0.15, 0.2) is 11.4 Å². The number of carbonyl (C=O) groups excluding carboxylic acids is 1. The first-order valence-electron chi connectivity index (χ1n) is 9.06. The Morgan fingerprint density at radius 3 is 2.76 bits per heavy atom. The van der Waals surface area contributed by atoms with Gasteiger partial charge in [0.2, 0.25) is 5.91 Å². The lowest BCUT2D eigenvalue weighted by molar-refractivity contribution is -0.127. The maximum absolute atomic E-state index is 12.0. The van der Waals surface area contributed by atoms with Gasteiger partial charge in [-0.05, 0) is 31.9 Å². The molecule has 2 aliphatic rings. The molecule has 7 nitrogen and oxygen atoms in total. The summed E-state index contributed by atoms with van der Waals surface area (Å²) in [5.41, 5.74) is 0.860. The van der Waals surface area contributed by atoms with Gasteiger partial charge in [-0.3, -0.25) is 4.79 Å². The maximum atomic E-state index is 12.0. The van der Waals surface area contributed by atoms with Crippen molar-refractivity contribution in [2.75, 3.05) is 30.8 Å². The van der Waals surface area contributed by atoms with Crippen LogP contribution in [0.5, 0.6) is 0 Å². The predicted molar refractivity (Wildman–Crippen MR) is 98.9 cm³/mol. The highest BCUT2D eigenvalue weighted by Gasteiger charge is 2.25. The summed E-state index contributed by atoms with van der Waals surface area (Å²) in [6.45, 7) is 3.31. The highest BCUT2D eigenvalue weighted by Crippen LogP contribution is 2.29. The van der Waals surface area contributed by atoms with Gasteiger partial charge in [-0.15, -0.1) is 0 Å². The van der Waals surface area contributed by atoms with E-state index in [4.69, 9.17) is 4.98 Å². The molecule has 8 heteroatoms. The predicted octanol–water partition coefficient (Wildman–Crippen LogP) is 2.06. The summed E-state index contributed by atoms with van der Waals surface area (Å²) in [5, 5.41) is 9.31. The van der Waals surface area contributed by atoms with Gasteiger partial charge in [-0.25, -0.2) is 14.6 Å². The van der Waals surface area contributed by atoms with E-state index in [2.05, 4.69) is 20.3 Å². The molecule has 1 aliphatic carbocycles. The normalized spacial score (nSPS) is 17.9. The molecule has 134 valence electrons. The van der Waals surface area contributed by atoms with E-state index < -0.39 is 0 Å². The number of amides is 1. The number of hydrogen-bond donors (Lipinski definition) is 1. The van der Waals surface area contributed by atoms with Gasteiger partial charge < -0.3 is 10.2 Å². The van der Waals surface area contributed by atoms with Crippen LogP contribution in [0, 0.1) is 5.92 Å². The summed E-state index contributed by atoms with van der Waals surface area (Å²) in [6.07, 6.45) is 9.51. The number of rotatable bonds is 6. The summed E-state index contributed by atoms with van der Waals surface area (Å²) >= 11 is 1.55. The molecule has 1 N–H and O–H groups in total. The lowest BCUT2D eigenvalue weighted by atomic mass is 9.85. The topological polar surface area (TPSA) is 75.9 Å². The third-order valence-corrected chi connectivity index (χ3v) is 5.69. The van der Waals surface area contributed by atoms with Crippen LogP contribution in [-0.4, -0.2) is 51.5 Å². The van der Waals surface area contributed by atoms with Gasteiger partial charge >= 0.3 is 0 Å². The van der Waals surface area contributed by atoms with Crippen LogP contribution in [0.4, 0.5) is 5.82 Å². The molecular formula is C17H24N6OS. The van der Waals surface area contributed by atoms with Gasteiger partial charge in [0.05, 0.1) is 18.1 Å². The monoisotopic (exact) mass is 360 g/mol. The first kappa shape index (κ1) is 16.6. The van der Waals surface area contributed by atoms with E-state index in [1.54, 1.807) is 11.8 Å². The molecule has 0 aromatic carbocycles. The first-order chi connectivity index (χ1) is 12.3. The Balaban J connectivity index is 1.52. The second-order valence-electron chi connectivity index (χ2n) is 6.75. The molecule has 2 aromatic rings. The van der Waals surface area contributed by atoms with Crippen LogP contribution in [0.3, 0.4) is 0 Å². The molecule has 0 unspecified atom stereocenters. The lowest BCUT2D eigenvalue weighted by Crippen LogP contribution is -2.36. The zero-order valence-electron chi connectivity index (χ0n) is 14.6. The highest BCUT2D eigenvalue weighted by atomic mass is 32.2. The van der Waals surface area contributed by atoms with Crippen molar-refractivity contribution < 1.29 is 4.79 Å². The number of hydrogen-bond acceptors (Lipinski definition) is 6. The van der Waals surface area contributed by atoms with Gasteiger partial charge in [-0.2, -0.15) is 5.10 Å². The minimum Gasteiger partial charge on any atom is -0.356 e. The Kier molecular flexibility index (Phi) is 4.78. The molecule has 2 aromatic heterocycles. The molecule has 4 rings (SSSR count). The van der Waals surface area contributed by atoms with Crippen molar-refractivity contribution in [2.45, 2.75) is 43.8 Å². The molecule has 3 heterocycles. The number of fused-ring (bicyclic) bond motifs is 1. The van der Waals surface area contributed by atoms with Crippen LogP contribution in [0.2, 0.25) is 0 Å². The van der Waals surface area contributed by atoms with Crippen LogP contribution in [0.25, 0.3) is 11.0 Å². The summed E-state index contributed by atoms with van der Waals surface area (Å²) in [5.74, 6) is 1.40. The minimum atomic E-state index is 0.180. The average Bonchev–Trinajstić information content (AvgIpc) is 3.22. The van der Waals surface area contributed by atoms with Gasteiger partial charge in [-0.1, -0.05) is 18.2 Å². The van der Waals surface area contributed by atoms with Crippen LogP contribution >= 0.6 is 11.8 Å². The molecule has 0 spiro atoms. The minimum absolute atomic E-state index is 0.180. The van der Waals surface area contributed by atoms with E-state index in [1.165, 1.54) is 19.3 Å². The summed E-state index contributed by atoms with van der Waals surface area (Å²) < 4.78 is 1.89. The zero-order valence-corrected chi connectivity index (χ0v) is 15.4. The fourth-order valence-corrected chi connectivity index (χ4v) is 3.80. The van der Waals surface area contributed by atoms with Crippen molar-refractivity contribution in [3.63, 3.8) is 0 Å². The molecule has 25 heavy (non-hydrogen) atoms. The number of aromatic nitrogens is 4. The van der Waals surface area contributed by atoms with Gasteiger partial charge in [0.25, 0.3) is 0 Å². The molecule has 1 aliphatic heterocycles. The van der Waals surface area contributed by atoms with Crippen molar-refractivity contribution in [3.05, 3.63) is 6.20 Å². The van der Waals surface area contributed by atoms with E-state index in [-0.39, 0.29) is 11.8 Å². The van der Waals surface area contributed by atoms with Gasteiger partial charge in [0.1, 0.15) is 5.82 Å². The van der Waals surface area contributed by atoms with Crippen molar-refractivity contribution in [3.8, 4) is 0 Å². The van der Waals surface area contributed by atoms with Crippen LogP contribution in [-0.2, 0) is 11.3 Å². The molecular weight excluding hydrogens is 336 g/mol. The largest absolute Gasteiger partial charge is 0.356 e. The van der Waals surface area contributed by atoms with E-state index in [0.717, 1.165) is 47.9 Å². The summed E-state index contributed by atoms with van der Waals surface area (Å²) in [4.78, 5) is 23.7. The van der Waals surface area contributed by atoms with Gasteiger partial charge in [0, 0.05) is 25.6 Å². The van der Waals surface area contributed by atoms with Crippen molar-refractivity contribution >= 4 is 34.5 Å². The van der Waals surface area contributed by atoms with Gasteiger partial charge in [0.15, 0.2) is 10.8 Å². The van der Waals surface area contributed by atoms with E-state index >= 15 is 0 Å². The fourth-order valence-electron chi connectivity index (χ4n) is 3.45. The Hall–Kier alpha value is -1.83. The maximum Gasteiger partial charge on any atom is 0.223 e. The Morgan fingerprint density at radius 2 is 2.08 bits per heavy atom. The van der Waals surface area contributed by atoms with E-state index in [9.17, 15) is 4.79 Å². The van der Waals surface area contributed by atoms with Crippen molar-refractivity contribution in [1.29, 1.82) is 0 Å². The number of thioether (sulfide) groups is 1. The smallest absolute Gasteiger partial charge is 0.223 e. The number of carbonyl (C=O) groups is 1. The summed E-state index contributed by atoms with van der Waals surface area (Å²) in [7, 11) is 0. The Bertz CT molecular complexity index is 766. The molecule has 1 saturated carbocycles.